The van der Waals surface area contributed by atoms with Gasteiger partial charge in [0.2, 0.25) is 0 Å². The topological polar surface area (TPSA) is 52.1 Å². The zero-order valence-electron chi connectivity index (χ0n) is 6.45. The van der Waals surface area contributed by atoms with Crippen molar-refractivity contribution in [2.24, 2.45) is 0 Å². The number of aromatic nitrogens is 2. The van der Waals surface area contributed by atoms with Crippen LogP contribution in [-0.2, 0) is 4.74 Å². The van der Waals surface area contributed by atoms with Crippen LogP contribution >= 0.6 is 22.6 Å². The van der Waals surface area contributed by atoms with Gasteiger partial charge in [-0.1, -0.05) is 0 Å². The summed E-state index contributed by atoms with van der Waals surface area (Å²) in [5, 5.41) is 0. The molecule has 0 aliphatic carbocycles. The lowest BCUT2D eigenvalue weighted by Gasteiger charge is -1.99. The van der Waals surface area contributed by atoms with Gasteiger partial charge in [0.05, 0.1) is 12.2 Å². The van der Waals surface area contributed by atoms with Crippen molar-refractivity contribution in [1.82, 2.24) is 9.97 Å². The Kier molecular flexibility index (Phi) is 3.39. The molecule has 1 aromatic rings. The van der Waals surface area contributed by atoms with Crippen LogP contribution in [0.3, 0.4) is 0 Å². The number of halogens is 1. The largest absolute Gasteiger partial charge is 0.462 e. The number of esters is 1. The first-order valence-electron chi connectivity index (χ1n) is 3.38. The highest BCUT2D eigenvalue weighted by Crippen LogP contribution is 2.00. The molecule has 0 radical (unpaired) electrons. The first-order valence-corrected chi connectivity index (χ1v) is 4.46. The molecule has 0 spiro atoms. The summed E-state index contributed by atoms with van der Waals surface area (Å²) in [6.45, 7) is 2.12. The van der Waals surface area contributed by atoms with Gasteiger partial charge in [-0.3, -0.25) is 0 Å². The van der Waals surface area contributed by atoms with Crippen molar-refractivity contribution >= 4 is 28.6 Å². The zero-order valence-corrected chi connectivity index (χ0v) is 8.61. The second-order valence-electron chi connectivity index (χ2n) is 1.96. The van der Waals surface area contributed by atoms with Gasteiger partial charge in [-0.2, -0.15) is 0 Å². The fourth-order valence-corrected chi connectivity index (χ4v) is 0.911. The average Bonchev–Trinajstić information content (AvgIpc) is 2.06. The Morgan fingerprint density at radius 2 is 2.17 bits per heavy atom. The molecule has 0 aromatic carbocycles. The molecule has 0 N–H and O–H groups in total. The zero-order chi connectivity index (χ0) is 8.97. The van der Waals surface area contributed by atoms with Gasteiger partial charge < -0.3 is 4.74 Å². The van der Waals surface area contributed by atoms with Gasteiger partial charge in [-0.25, -0.2) is 14.8 Å². The fourth-order valence-electron chi connectivity index (χ4n) is 0.632. The van der Waals surface area contributed by atoms with Gasteiger partial charge in [0.25, 0.3) is 0 Å². The van der Waals surface area contributed by atoms with E-state index in [2.05, 4.69) is 9.97 Å². The molecule has 0 bridgehead atoms. The maximum absolute atomic E-state index is 11.1. The van der Waals surface area contributed by atoms with E-state index in [-0.39, 0.29) is 5.97 Å². The van der Waals surface area contributed by atoms with E-state index in [9.17, 15) is 4.79 Å². The van der Waals surface area contributed by atoms with Crippen LogP contribution in [0.2, 0.25) is 0 Å². The van der Waals surface area contributed by atoms with Crippen LogP contribution in [-0.4, -0.2) is 22.5 Å². The summed E-state index contributed by atoms with van der Waals surface area (Å²) in [5.74, 6) is -0.381. The molecule has 64 valence electrons. The second-order valence-corrected chi connectivity index (χ2v) is 2.93. The van der Waals surface area contributed by atoms with E-state index in [4.69, 9.17) is 4.74 Å². The molecule has 0 atom stereocenters. The Labute approximate surface area is 83.5 Å². The smallest absolute Gasteiger partial charge is 0.341 e. The normalized spacial score (nSPS) is 9.50. The first-order chi connectivity index (χ1) is 5.74. The molecular weight excluding hydrogens is 271 g/mol. The highest BCUT2D eigenvalue weighted by Gasteiger charge is 2.05. The summed E-state index contributed by atoms with van der Waals surface area (Å²) >= 11 is 1.97. The highest BCUT2D eigenvalue weighted by atomic mass is 127. The summed E-state index contributed by atoms with van der Waals surface area (Å²) in [6.07, 6.45) is 2.90. The molecule has 0 unspecified atom stereocenters. The SMILES string of the molecule is CCOC(=O)c1cnc(I)nc1. The van der Waals surface area contributed by atoms with Crippen LogP contribution in [0.15, 0.2) is 12.4 Å². The number of carbonyl (C=O) groups excluding carboxylic acids is 1. The van der Waals surface area contributed by atoms with Crippen molar-refractivity contribution < 1.29 is 9.53 Å². The third kappa shape index (κ3) is 2.40. The Hall–Kier alpha value is -0.720. The monoisotopic (exact) mass is 278 g/mol. The van der Waals surface area contributed by atoms with Crippen molar-refractivity contribution in [3.8, 4) is 0 Å². The van der Waals surface area contributed by atoms with Gasteiger partial charge in [-0.15, -0.1) is 0 Å². The standard InChI is InChI=1S/C7H7IN2O2/c1-2-12-6(11)5-3-9-7(8)10-4-5/h3-4H,2H2,1H3. The molecule has 1 rings (SSSR count). The van der Waals surface area contributed by atoms with Gasteiger partial charge in [-0.05, 0) is 6.92 Å². The molecule has 12 heavy (non-hydrogen) atoms. The quantitative estimate of drug-likeness (QED) is 0.464. The number of carbonyl (C=O) groups is 1. The van der Waals surface area contributed by atoms with Crippen molar-refractivity contribution in [3.05, 3.63) is 21.8 Å². The molecule has 0 aliphatic heterocycles. The first kappa shape index (κ1) is 9.37. The van der Waals surface area contributed by atoms with Gasteiger partial charge in [0, 0.05) is 35.0 Å². The number of rotatable bonds is 2. The number of nitrogens with zero attached hydrogens (tertiary/aromatic N) is 2. The summed E-state index contributed by atoms with van der Waals surface area (Å²) in [5.41, 5.74) is 0.386. The molecule has 0 fully saturated rings. The number of hydrogen-bond acceptors (Lipinski definition) is 4. The van der Waals surface area contributed by atoms with Crippen LogP contribution < -0.4 is 0 Å². The van der Waals surface area contributed by atoms with E-state index < -0.39 is 0 Å². The maximum atomic E-state index is 11.1. The van der Waals surface area contributed by atoms with Gasteiger partial charge in [0.1, 0.15) is 0 Å². The lowest BCUT2D eigenvalue weighted by Crippen LogP contribution is -2.06. The lowest BCUT2D eigenvalue weighted by atomic mass is 10.3. The maximum Gasteiger partial charge on any atom is 0.341 e. The molecule has 1 heterocycles. The third-order valence-electron chi connectivity index (χ3n) is 1.13. The molecule has 0 aliphatic rings. The molecule has 4 nitrogen and oxygen atoms in total. The predicted molar refractivity (Wildman–Crippen MR) is 50.7 cm³/mol. The van der Waals surface area contributed by atoms with Gasteiger partial charge >= 0.3 is 5.97 Å². The van der Waals surface area contributed by atoms with Crippen LogP contribution in [0.25, 0.3) is 0 Å². The summed E-state index contributed by atoms with van der Waals surface area (Å²) in [7, 11) is 0. The summed E-state index contributed by atoms with van der Waals surface area (Å²) in [6, 6.07) is 0. The summed E-state index contributed by atoms with van der Waals surface area (Å²) in [4.78, 5) is 18.8. The van der Waals surface area contributed by atoms with Gasteiger partial charge in [0.15, 0.2) is 3.83 Å². The third-order valence-corrected chi connectivity index (χ3v) is 1.69. The van der Waals surface area contributed by atoms with Crippen molar-refractivity contribution in [1.29, 1.82) is 0 Å². The Bertz CT molecular complexity index is 273. The van der Waals surface area contributed by atoms with E-state index in [1.165, 1.54) is 12.4 Å². The Balaban J connectivity index is 2.75. The van der Waals surface area contributed by atoms with E-state index in [0.29, 0.717) is 16.0 Å². The number of ether oxygens (including phenoxy) is 1. The molecule has 0 saturated carbocycles. The minimum atomic E-state index is -0.381. The molecule has 0 saturated heterocycles. The van der Waals surface area contributed by atoms with Crippen molar-refractivity contribution in [3.63, 3.8) is 0 Å². The van der Waals surface area contributed by atoms with Crippen LogP contribution in [0.4, 0.5) is 0 Å². The van der Waals surface area contributed by atoms with E-state index in [1.54, 1.807) is 6.92 Å². The predicted octanol–water partition coefficient (Wildman–Crippen LogP) is 1.26. The van der Waals surface area contributed by atoms with Crippen molar-refractivity contribution in [2.45, 2.75) is 6.92 Å². The van der Waals surface area contributed by atoms with E-state index in [0.717, 1.165) is 0 Å². The molecule has 1 aromatic heterocycles. The minimum Gasteiger partial charge on any atom is -0.462 e. The summed E-state index contributed by atoms with van der Waals surface area (Å²) < 4.78 is 5.36. The fraction of sp³-hybridized carbons (Fsp3) is 0.286. The second kappa shape index (κ2) is 4.34. The van der Waals surface area contributed by atoms with E-state index in [1.807, 2.05) is 22.6 Å². The average molecular weight is 278 g/mol. The Morgan fingerprint density at radius 1 is 1.58 bits per heavy atom. The van der Waals surface area contributed by atoms with Crippen LogP contribution in [0.5, 0.6) is 0 Å². The molecule has 5 heteroatoms. The highest BCUT2D eigenvalue weighted by molar-refractivity contribution is 14.1. The minimum absolute atomic E-state index is 0.366. The molecular formula is C7H7IN2O2. The lowest BCUT2D eigenvalue weighted by molar-refractivity contribution is 0.0525. The van der Waals surface area contributed by atoms with E-state index >= 15 is 0 Å². The van der Waals surface area contributed by atoms with Crippen LogP contribution in [0, 0.1) is 3.83 Å². The Morgan fingerprint density at radius 3 is 2.67 bits per heavy atom. The molecule has 0 amide bonds. The number of hydrogen-bond donors (Lipinski definition) is 0. The van der Waals surface area contributed by atoms with Crippen LogP contribution in [0.1, 0.15) is 17.3 Å². The van der Waals surface area contributed by atoms with Crippen molar-refractivity contribution in [2.75, 3.05) is 6.61 Å².